The van der Waals surface area contributed by atoms with Crippen molar-refractivity contribution in [1.82, 2.24) is 4.90 Å². The lowest BCUT2D eigenvalue weighted by molar-refractivity contribution is -0.204. The summed E-state index contributed by atoms with van der Waals surface area (Å²) >= 11 is 0. The molecule has 4 N–H and O–H groups in total. The molecule has 0 bridgehead atoms. The number of phenols is 1. The second-order valence-electron chi connectivity index (χ2n) is 12.2. The van der Waals surface area contributed by atoms with Gasteiger partial charge in [-0.15, -0.1) is 0 Å². The van der Waals surface area contributed by atoms with Crippen LogP contribution in [0.25, 0.3) is 0 Å². The zero-order chi connectivity index (χ0) is 29.8. The quantitative estimate of drug-likeness (QED) is 0.327. The number of phenolic OH excluding ortho intramolecular Hbond substituents is 1. The van der Waals surface area contributed by atoms with E-state index in [0.29, 0.717) is 17.9 Å². The van der Waals surface area contributed by atoms with E-state index in [2.05, 4.69) is 0 Å². The minimum absolute atomic E-state index is 0.0147. The van der Waals surface area contributed by atoms with Crippen LogP contribution in [0, 0.1) is 29.6 Å². The highest BCUT2D eigenvalue weighted by atomic mass is 16.5. The van der Waals surface area contributed by atoms with Crippen molar-refractivity contribution in [2.75, 3.05) is 14.1 Å². The molecule has 1 amide bonds. The predicted octanol–water partition coefficient (Wildman–Crippen LogP) is 0.749. The maximum atomic E-state index is 14.1. The Balaban J connectivity index is 1.60. The van der Waals surface area contributed by atoms with Crippen LogP contribution in [0.2, 0.25) is 0 Å². The van der Waals surface area contributed by atoms with E-state index in [1.807, 2.05) is 0 Å². The molecule has 11 nitrogen and oxygen atoms in total. The van der Waals surface area contributed by atoms with E-state index in [4.69, 9.17) is 10.5 Å². The minimum atomic E-state index is -3.00. The number of nitrogens with zero attached hydrogens (tertiary/aromatic N) is 1. The third-order valence-corrected chi connectivity index (χ3v) is 9.60. The first-order valence-corrected chi connectivity index (χ1v) is 14.2. The van der Waals surface area contributed by atoms with Gasteiger partial charge >= 0.3 is 5.97 Å². The van der Waals surface area contributed by atoms with Crippen LogP contribution < -0.4 is 5.73 Å². The normalized spacial score (nSPS) is 33.7. The number of aliphatic hydroxyl groups is 1. The van der Waals surface area contributed by atoms with Crippen LogP contribution in [0.15, 0.2) is 18.2 Å². The monoisotopic (exact) mass is 568 g/mol. The Labute approximate surface area is 237 Å². The van der Waals surface area contributed by atoms with Crippen molar-refractivity contribution in [2.24, 2.45) is 35.3 Å². The molecule has 1 aromatic carbocycles. The fourth-order valence-electron chi connectivity index (χ4n) is 7.69. The molecule has 4 aliphatic carbocycles. The average molecular weight is 569 g/mol. The Morgan fingerprint density at radius 3 is 2.39 bits per heavy atom. The van der Waals surface area contributed by atoms with Crippen LogP contribution >= 0.6 is 0 Å². The summed E-state index contributed by atoms with van der Waals surface area (Å²) in [6, 6.07) is 3.05. The van der Waals surface area contributed by atoms with Gasteiger partial charge in [0, 0.05) is 12.3 Å². The number of ketones is 4. The van der Waals surface area contributed by atoms with Gasteiger partial charge < -0.3 is 20.7 Å². The Morgan fingerprint density at radius 2 is 1.76 bits per heavy atom. The highest BCUT2D eigenvalue weighted by Gasteiger charge is 2.73. The number of amides is 1. The number of primary amides is 1. The van der Waals surface area contributed by atoms with Crippen molar-refractivity contribution >= 4 is 35.0 Å². The topological polar surface area (TPSA) is 181 Å². The highest BCUT2D eigenvalue weighted by Crippen LogP contribution is 2.51. The van der Waals surface area contributed by atoms with Gasteiger partial charge in [0.15, 0.2) is 34.7 Å². The highest BCUT2D eigenvalue weighted by molar-refractivity contribution is 6.32. The van der Waals surface area contributed by atoms with Crippen LogP contribution in [0.1, 0.15) is 60.9 Å². The molecular weight excluding hydrogens is 532 g/mol. The van der Waals surface area contributed by atoms with E-state index < -0.39 is 76.4 Å². The zero-order valence-electron chi connectivity index (χ0n) is 23.2. The number of ether oxygens (including phenoxy) is 1. The largest absolute Gasteiger partial charge is 0.507 e. The van der Waals surface area contributed by atoms with Gasteiger partial charge in [0.05, 0.1) is 23.4 Å². The predicted molar refractivity (Wildman–Crippen MR) is 142 cm³/mol. The third-order valence-electron chi connectivity index (χ3n) is 9.60. The van der Waals surface area contributed by atoms with Gasteiger partial charge in [0.2, 0.25) is 5.91 Å². The van der Waals surface area contributed by atoms with E-state index in [0.717, 1.165) is 32.1 Å². The van der Waals surface area contributed by atoms with Crippen LogP contribution in [-0.2, 0) is 35.1 Å². The first-order chi connectivity index (χ1) is 19.4. The second kappa shape index (κ2) is 10.8. The molecule has 7 atom stereocenters. The summed E-state index contributed by atoms with van der Waals surface area (Å²) < 4.78 is 5.99. The number of Topliss-reactive ketones (excluding diaryl/α,β-unsaturated/α-hetero) is 4. The molecule has 11 heteroatoms. The van der Waals surface area contributed by atoms with Gasteiger partial charge in [-0.3, -0.25) is 33.7 Å². The van der Waals surface area contributed by atoms with Crippen molar-refractivity contribution < 1.29 is 43.7 Å². The van der Waals surface area contributed by atoms with Crippen molar-refractivity contribution in [3.05, 3.63) is 29.3 Å². The van der Waals surface area contributed by atoms with Gasteiger partial charge in [-0.2, -0.15) is 0 Å². The van der Waals surface area contributed by atoms with Crippen LogP contribution in [0.4, 0.5) is 0 Å². The van der Waals surface area contributed by atoms with Gasteiger partial charge in [0.1, 0.15) is 11.9 Å². The van der Waals surface area contributed by atoms with Gasteiger partial charge in [-0.05, 0) is 44.5 Å². The van der Waals surface area contributed by atoms with Crippen LogP contribution in [0.3, 0.4) is 0 Å². The number of nitrogens with two attached hydrogens (primary N) is 1. The molecule has 2 unspecified atom stereocenters. The van der Waals surface area contributed by atoms with E-state index >= 15 is 0 Å². The standard InChI is InChI=1S/C30H36N2O9/c1-32(2)23-22-26(41-18(34)12-11-14-7-4-3-5-8-14)16-13-15-9-6-10-17(33)19(15)24(35)20(16)27(37)30(22,40)28(38)21(25(23)36)29(31)39/h6,9-10,14,16,20-23,26,33,40H,3-5,7-8,11-13H2,1-2H3,(H2,31,39)/t16-,20?,21?,22-,23+,26+,30+/m0/s1. The Bertz CT molecular complexity index is 1320. The summed E-state index contributed by atoms with van der Waals surface area (Å²) in [7, 11) is 2.96. The van der Waals surface area contributed by atoms with E-state index in [1.165, 1.54) is 25.1 Å². The van der Waals surface area contributed by atoms with Crippen molar-refractivity contribution in [3.8, 4) is 5.75 Å². The smallest absolute Gasteiger partial charge is 0.306 e. The molecule has 4 aliphatic rings. The molecule has 3 saturated carbocycles. The van der Waals surface area contributed by atoms with Gasteiger partial charge in [-0.1, -0.05) is 44.2 Å². The van der Waals surface area contributed by atoms with E-state index in [9.17, 15) is 39.0 Å². The van der Waals surface area contributed by atoms with Crippen molar-refractivity contribution in [2.45, 2.75) is 69.1 Å². The summed E-state index contributed by atoms with van der Waals surface area (Å²) in [6.07, 6.45) is 4.62. The number of fused-ring (bicyclic) bond motifs is 3. The Hall–Kier alpha value is -3.44. The fourth-order valence-corrected chi connectivity index (χ4v) is 7.69. The van der Waals surface area contributed by atoms with Gasteiger partial charge in [-0.25, -0.2) is 0 Å². The molecule has 41 heavy (non-hydrogen) atoms. The number of likely N-dealkylation sites (N-methyl/N-ethyl adjacent to an activating group) is 1. The summed E-state index contributed by atoms with van der Waals surface area (Å²) in [5.74, 6) is -12.6. The summed E-state index contributed by atoms with van der Waals surface area (Å²) in [6.45, 7) is 0. The van der Waals surface area contributed by atoms with E-state index in [-0.39, 0.29) is 24.2 Å². The molecule has 0 radical (unpaired) electrons. The zero-order valence-corrected chi connectivity index (χ0v) is 23.2. The number of carbonyl (C=O) groups excluding carboxylic acids is 6. The van der Waals surface area contributed by atoms with Crippen LogP contribution in [0.5, 0.6) is 5.75 Å². The molecular formula is C30H36N2O9. The molecule has 0 heterocycles. The number of hydrogen-bond donors (Lipinski definition) is 3. The maximum absolute atomic E-state index is 14.1. The SMILES string of the molecule is CN(C)[C@H]1C(=O)C(C(N)=O)C(=O)[C@]2(O)C(=O)C3C(=O)c4c(O)cccc4C[C@@H]3[C@@H](OC(=O)CCC3CCCCC3)[C@H]12. The molecule has 3 fully saturated rings. The number of benzene rings is 1. The molecule has 1 aromatic rings. The second-order valence-corrected chi connectivity index (χ2v) is 12.2. The number of carbonyl (C=O) groups is 6. The number of rotatable bonds is 6. The lowest BCUT2D eigenvalue weighted by atomic mass is 9.51. The molecule has 220 valence electrons. The summed E-state index contributed by atoms with van der Waals surface area (Å²) in [5, 5.41) is 22.4. The summed E-state index contributed by atoms with van der Waals surface area (Å²) in [5.41, 5.74) is 2.70. The van der Waals surface area contributed by atoms with Crippen LogP contribution in [-0.4, -0.2) is 82.0 Å². The molecule has 0 spiro atoms. The summed E-state index contributed by atoms with van der Waals surface area (Å²) in [4.78, 5) is 81.9. The van der Waals surface area contributed by atoms with Crippen molar-refractivity contribution in [1.29, 1.82) is 0 Å². The Morgan fingerprint density at radius 1 is 1.07 bits per heavy atom. The lowest BCUT2D eigenvalue weighted by Crippen LogP contribution is -2.78. The molecule has 5 rings (SSSR count). The first-order valence-electron chi connectivity index (χ1n) is 14.2. The lowest BCUT2D eigenvalue weighted by Gasteiger charge is -2.55. The fraction of sp³-hybridized carbons (Fsp3) is 0.600. The molecule has 0 aromatic heterocycles. The van der Waals surface area contributed by atoms with Gasteiger partial charge in [0.25, 0.3) is 0 Å². The number of aromatic hydroxyl groups is 1. The number of hydrogen-bond acceptors (Lipinski definition) is 10. The molecule has 0 aliphatic heterocycles. The Kier molecular flexibility index (Phi) is 7.63. The molecule has 0 saturated heterocycles. The third kappa shape index (κ3) is 4.59. The average Bonchev–Trinajstić information content (AvgIpc) is 2.91. The number of esters is 1. The van der Waals surface area contributed by atoms with E-state index in [1.54, 1.807) is 12.1 Å². The maximum Gasteiger partial charge on any atom is 0.306 e. The minimum Gasteiger partial charge on any atom is -0.507 e. The first kappa shape index (κ1) is 29.1. The van der Waals surface area contributed by atoms with Crippen molar-refractivity contribution in [3.63, 3.8) is 0 Å².